The Morgan fingerprint density at radius 3 is 2.32 bits per heavy atom. The molecule has 0 aromatic rings. The summed E-state index contributed by atoms with van der Waals surface area (Å²) in [7, 11) is 0. The summed E-state index contributed by atoms with van der Waals surface area (Å²) in [6, 6.07) is -0.665. The number of urea groups is 1. The Hall–Kier alpha value is -1.34. The molecule has 0 spiro atoms. The van der Waals surface area contributed by atoms with Crippen molar-refractivity contribution in [3.05, 3.63) is 0 Å². The van der Waals surface area contributed by atoms with Crippen molar-refractivity contribution in [2.75, 3.05) is 32.8 Å². The van der Waals surface area contributed by atoms with E-state index in [1.54, 1.807) is 4.90 Å². The molecule has 0 unspecified atom stereocenters. The smallest absolute Gasteiger partial charge is 0.326 e. The molecule has 1 aliphatic heterocycles. The van der Waals surface area contributed by atoms with Crippen LogP contribution in [0, 0.1) is 0 Å². The number of rotatable bonds is 5. The van der Waals surface area contributed by atoms with Gasteiger partial charge in [-0.25, -0.2) is 9.59 Å². The van der Waals surface area contributed by atoms with Crippen LogP contribution in [0.1, 0.15) is 19.3 Å². The molecule has 1 saturated heterocycles. The predicted molar refractivity (Wildman–Crippen MR) is 67.8 cm³/mol. The summed E-state index contributed by atoms with van der Waals surface area (Å²) >= 11 is 0. The number of carbonyl (C=O) groups excluding carboxylic acids is 1. The van der Waals surface area contributed by atoms with Crippen LogP contribution in [0.5, 0.6) is 0 Å². The fourth-order valence-electron chi connectivity index (χ4n) is 2.36. The van der Waals surface area contributed by atoms with Gasteiger partial charge in [-0.3, -0.25) is 4.90 Å². The molecule has 19 heavy (non-hydrogen) atoms. The minimum absolute atomic E-state index is 0.0309. The zero-order chi connectivity index (χ0) is 13.8. The van der Waals surface area contributed by atoms with E-state index in [1.165, 1.54) is 12.8 Å². The molecule has 1 atom stereocenters. The third-order valence-electron chi connectivity index (χ3n) is 3.68. The molecular formula is C12H21N3O4. The first-order valence-electron chi connectivity index (χ1n) is 6.75. The molecule has 2 aliphatic rings. The number of carboxylic acids is 1. The maximum atomic E-state index is 11.9. The van der Waals surface area contributed by atoms with E-state index in [4.69, 9.17) is 10.2 Å². The van der Waals surface area contributed by atoms with Crippen molar-refractivity contribution in [2.45, 2.75) is 31.3 Å². The highest BCUT2D eigenvalue weighted by atomic mass is 16.4. The van der Waals surface area contributed by atoms with Crippen molar-refractivity contribution in [1.29, 1.82) is 0 Å². The van der Waals surface area contributed by atoms with Crippen molar-refractivity contribution < 1.29 is 19.8 Å². The van der Waals surface area contributed by atoms with Crippen LogP contribution >= 0.6 is 0 Å². The van der Waals surface area contributed by atoms with Crippen molar-refractivity contribution >= 4 is 12.0 Å². The van der Waals surface area contributed by atoms with Gasteiger partial charge in [-0.1, -0.05) is 0 Å². The molecule has 2 rings (SSSR count). The summed E-state index contributed by atoms with van der Waals surface area (Å²) < 4.78 is 0. The van der Waals surface area contributed by atoms with Crippen LogP contribution in [0.4, 0.5) is 4.79 Å². The summed E-state index contributed by atoms with van der Waals surface area (Å²) in [5.74, 6) is -1.11. The number of nitrogens with one attached hydrogen (secondary N) is 1. The second-order valence-corrected chi connectivity index (χ2v) is 5.11. The molecule has 0 bridgehead atoms. The number of nitrogens with zero attached hydrogens (tertiary/aromatic N) is 2. The zero-order valence-electron chi connectivity index (χ0n) is 10.9. The van der Waals surface area contributed by atoms with E-state index in [1.807, 2.05) is 0 Å². The highest BCUT2D eigenvalue weighted by Gasteiger charge is 2.32. The number of hydrogen-bond donors (Lipinski definition) is 3. The molecule has 2 amide bonds. The van der Waals surface area contributed by atoms with Crippen LogP contribution in [0.2, 0.25) is 0 Å². The maximum absolute atomic E-state index is 11.9. The molecule has 1 heterocycles. The van der Waals surface area contributed by atoms with E-state index >= 15 is 0 Å². The zero-order valence-corrected chi connectivity index (χ0v) is 10.9. The molecule has 3 N–H and O–H groups in total. The van der Waals surface area contributed by atoms with Crippen molar-refractivity contribution in [1.82, 2.24) is 15.1 Å². The highest BCUT2D eigenvalue weighted by Crippen LogP contribution is 2.27. The summed E-state index contributed by atoms with van der Waals surface area (Å²) in [4.78, 5) is 26.9. The van der Waals surface area contributed by atoms with Gasteiger partial charge in [0.25, 0.3) is 0 Å². The third-order valence-corrected chi connectivity index (χ3v) is 3.68. The molecule has 2 fully saturated rings. The molecule has 0 aromatic carbocycles. The topological polar surface area (TPSA) is 93.1 Å². The van der Waals surface area contributed by atoms with Gasteiger partial charge in [0.05, 0.1) is 0 Å². The van der Waals surface area contributed by atoms with Gasteiger partial charge in [0, 0.05) is 45.2 Å². The Balaban J connectivity index is 1.77. The second kappa shape index (κ2) is 6.21. The van der Waals surface area contributed by atoms with Crippen LogP contribution in [0.25, 0.3) is 0 Å². The molecule has 0 aromatic heterocycles. The monoisotopic (exact) mass is 271 g/mol. The number of aliphatic hydroxyl groups excluding tert-OH is 1. The lowest BCUT2D eigenvalue weighted by atomic mass is 10.2. The van der Waals surface area contributed by atoms with Gasteiger partial charge < -0.3 is 20.4 Å². The summed E-state index contributed by atoms with van der Waals surface area (Å²) in [6.45, 7) is 2.72. The van der Waals surface area contributed by atoms with Crippen LogP contribution in [0.3, 0.4) is 0 Å². The van der Waals surface area contributed by atoms with Gasteiger partial charge in [0.1, 0.15) is 6.04 Å². The Labute approximate surface area is 112 Å². The molecule has 108 valence electrons. The van der Waals surface area contributed by atoms with E-state index in [0.717, 1.165) is 13.1 Å². The number of carbonyl (C=O) groups is 2. The van der Waals surface area contributed by atoms with Crippen LogP contribution < -0.4 is 5.32 Å². The lowest BCUT2D eigenvalue weighted by Gasteiger charge is -2.35. The molecule has 7 nitrogen and oxygen atoms in total. The van der Waals surface area contributed by atoms with Crippen LogP contribution in [-0.2, 0) is 4.79 Å². The van der Waals surface area contributed by atoms with E-state index in [2.05, 4.69) is 10.2 Å². The van der Waals surface area contributed by atoms with E-state index in [9.17, 15) is 9.59 Å². The van der Waals surface area contributed by atoms with Crippen molar-refractivity contribution in [3.8, 4) is 0 Å². The van der Waals surface area contributed by atoms with E-state index < -0.39 is 12.0 Å². The van der Waals surface area contributed by atoms with Crippen molar-refractivity contribution in [2.24, 2.45) is 0 Å². The fourth-order valence-corrected chi connectivity index (χ4v) is 2.36. The fraction of sp³-hybridized carbons (Fsp3) is 0.833. The first-order valence-corrected chi connectivity index (χ1v) is 6.75. The average molecular weight is 271 g/mol. The minimum Gasteiger partial charge on any atom is -0.480 e. The molecule has 0 radical (unpaired) electrons. The largest absolute Gasteiger partial charge is 0.480 e. The summed E-state index contributed by atoms with van der Waals surface area (Å²) in [5, 5.41) is 20.2. The first-order chi connectivity index (χ1) is 9.11. The van der Waals surface area contributed by atoms with Gasteiger partial charge in [-0.15, -0.1) is 0 Å². The third kappa shape index (κ3) is 3.81. The predicted octanol–water partition coefficient (Wildman–Crippen LogP) is -0.688. The van der Waals surface area contributed by atoms with Crippen molar-refractivity contribution in [3.63, 3.8) is 0 Å². The molecular weight excluding hydrogens is 250 g/mol. The first kappa shape index (κ1) is 14.1. The van der Waals surface area contributed by atoms with Gasteiger partial charge in [0.15, 0.2) is 0 Å². The molecule has 7 heteroatoms. The average Bonchev–Trinajstić information content (AvgIpc) is 3.22. The summed E-state index contributed by atoms with van der Waals surface area (Å²) in [6.07, 6.45) is 2.54. The minimum atomic E-state index is -1.11. The van der Waals surface area contributed by atoms with Gasteiger partial charge in [-0.2, -0.15) is 0 Å². The maximum Gasteiger partial charge on any atom is 0.326 e. The van der Waals surface area contributed by atoms with E-state index in [0.29, 0.717) is 19.1 Å². The lowest BCUT2D eigenvalue weighted by molar-refractivity contribution is -0.139. The van der Waals surface area contributed by atoms with Crippen LogP contribution in [0.15, 0.2) is 0 Å². The number of aliphatic carboxylic acids is 1. The van der Waals surface area contributed by atoms with Gasteiger partial charge in [-0.05, 0) is 12.8 Å². The Bertz CT molecular complexity index is 338. The Morgan fingerprint density at radius 1 is 1.21 bits per heavy atom. The second-order valence-electron chi connectivity index (χ2n) is 5.11. The highest BCUT2D eigenvalue weighted by molar-refractivity contribution is 5.82. The number of aliphatic hydroxyl groups is 1. The lowest BCUT2D eigenvalue weighted by Crippen LogP contribution is -2.55. The van der Waals surface area contributed by atoms with E-state index in [-0.39, 0.29) is 19.1 Å². The standard InChI is InChI=1S/C12H21N3O4/c16-8-3-10(11(17)18)13-12(19)15-6-4-14(5-7-15)9-1-2-9/h9-10,16H,1-8H2,(H,13,19)(H,17,18)/t10-/m1/s1. The van der Waals surface area contributed by atoms with Gasteiger partial charge >= 0.3 is 12.0 Å². The number of amides is 2. The Kier molecular flexibility index (Phi) is 4.60. The number of piperazine rings is 1. The Morgan fingerprint density at radius 2 is 1.84 bits per heavy atom. The van der Waals surface area contributed by atoms with Gasteiger partial charge in [0.2, 0.25) is 0 Å². The summed E-state index contributed by atoms with van der Waals surface area (Å²) in [5.41, 5.74) is 0. The molecule has 1 aliphatic carbocycles. The normalized spacial score (nSPS) is 22.1. The van der Waals surface area contributed by atoms with Crippen LogP contribution in [-0.4, -0.2) is 76.9 Å². The number of hydrogen-bond acceptors (Lipinski definition) is 4. The SMILES string of the molecule is O=C(O)[C@@H](CCO)NC(=O)N1CCN(C2CC2)CC1. The quantitative estimate of drug-likeness (QED) is 0.615. The number of carboxylic acid groups (broad SMARTS) is 1. The molecule has 1 saturated carbocycles.